The predicted molar refractivity (Wildman–Crippen MR) is 112 cm³/mol. The molecule has 4 aromatic rings. The molecule has 5 heteroatoms. The monoisotopic (exact) mass is 368 g/mol. The van der Waals surface area contributed by atoms with E-state index in [1.54, 1.807) is 7.05 Å². The highest BCUT2D eigenvalue weighted by atomic mass is 16.2. The lowest BCUT2D eigenvalue weighted by atomic mass is 10.0. The van der Waals surface area contributed by atoms with Gasteiger partial charge < -0.3 is 0 Å². The van der Waals surface area contributed by atoms with Gasteiger partial charge >= 0.3 is 5.69 Å². The van der Waals surface area contributed by atoms with Crippen LogP contribution < -0.4 is 5.69 Å². The summed E-state index contributed by atoms with van der Waals surface area (Å²) < 4.78 is 2.54. The zero-order chi connectivity index (χ0) is 19.5. The molecular formula is C23H20N4O. The zero-order valence-corrected chi connectivity index (χ0v) is 15.8. The van der Waals surface area contributed by atoms with Crippen LogP contribution in [0.5, 0.6) is 0 Å². The van der Waals surface area contributed by atoms with E-state index < -0.39 is 0 Å². The Kier molecular flexibility index (Phi) is 4.72. The van der Waals surface area contributed by atoms with Gasteiger partial charge in [0.2, 0.25) is 0 Å². The molecule has 0 aliphatic heterocycles. The minimum Gasteiger partial charge on any atom is -0.244 e. The van der Waals surface area contributed by atoms with Crippen molar-refractivity contribution in [3.8, 4) is 16.8 Å². The third-order valence-corrected chi connectivity index (χ3v) is 4.71. The molecule has 0 saturated carbocycles. The van der Waals surface area contributed by atoms with E-state index in [1.807, 2.05) is 55.5 Å². The maximum Gasteiger partial charge on any atom is 0.368 e. The van der Waals surface area contributed by atoms with Gasteiger partial charge in [-0.2, -0.15) is 9.36 Å². The first-order chi connectivity index (χ1) is 13.6. The molecule has 5 nitrogen and oxygen atoms in total. The third-order valence-electron chi connectivity index (χ3n) is 4.71. The fraction of sp³-hybridized carbons (Fsp3) is 0.0870. The molecule has 0 N–H and O–H groups in total. The zero-order valence-electron chi connectivity index (χ0n) is 15.8. The van der Waals surface area contributed by atoms with Crippen molar-refractivity contribution < 1.29 is 0 Å². The molecule has 1 heterocycles. The molecule has 0 aliphatic carbocycles. The Hall–Kier alpha value is -3.73. The van der Waals surface area contributed by atoms with Crippen molar-refractivity contribution in [2.45, 2.75) is 6.92 Å². The smallest absolute Gasteiger partial charge is 0.244 e. The van der Waals surface area contributed by atoms with Gasteiger partial charge in [-0.15, -0.1) is 0 Å². The van der Waals surface area contributed by atoms with Gasteiger partial charge in [0.05, 0.1) is 5.69 Å². The molecular weight excluding hydrogens is 348 g/mol. The molecule has 0 spiro atoms. The van der Waals surface area contributed by atoms with Crippen molar-refractivity contribution in [1.82, 2.24) is 19.8 Å². The van der Waals surface area contributed by atoms with E-state index in [-0.39, 0.29) is 5.69 Å². The van der Waals surface area contributed by atoms with Crippen LogP contribution in [0.15, 0.2) is 77.6 Å². The third kappa shape index (κ3) is 3.42. The fourth-order valence-electron chi connectivity index (χ4n) is 3.13. The molecule has 0 atom stereocenters. The molecule has 0 unspecified atom stereocenters. The van der Waals surface area contributed by atoms with Crippen LogP contribution in [-0.4, -0.2) is 19.8 Å². The Morgan fingerprint density at radius 3 is 2.18 bits per heavy atom. The maximum absolute atomic E-state index is 12.3. The maximum atomic E-state index is 12.3. The first-order valence-corrected chi connectivity index (χ1v) is 9.06. The molecule has 138 valence electrons. The van der Waals surface area contributed by atoms with Crippen LogP contribution in [0.1, 0.15) is 16.7 Å². The summed E-state index contributed by atoms with van der Waals surface area (Å²) in [6, 6.07) is 24.5. The number of rotatable bonds is 4. The van der Waals surface area contributed by atoms with E-state index in [4.69, 9.17) is 0 Å². The molecule has 28 heavy (non-hydrogen) atoms. The van der Waals surface area contributed by atoms with E-state index in [9.17, 15) is 4.79 Å². The summed E-state index contributed by atoms with van der Waals surface area (Å²) in [5.74, 6) is 0. The highest BCUT2D eigenvalue weighted by molar-refractivity contribution is 5.76. The molecule has 0 bridgehead atoms. The summed E-state index contributed by atoms with van der Waals surface area (Å²) in [4.78, 5) is 12.3. The van der Waals surface area contributed by atoms with Crippen molar-refractivity contribution in [3.63, 3.8) is 0 Å². The lowest BCUT2D eigenvalue weighted by Gasteiger charge is -2.07. The van der Waals surface area contributed by atoms with Crippen molar-refractivity contribution >= 4 is 12.2 Å². The van der Waals surface area contributed by atoms with Crippen LogP contribution in [0.4, 0.5) is 0 Å². The van der Waals surface area contributed by atoms with Crippen molar-refractivity contribution in [2.24, 2.45) is 7.05 Å². The molecule has 0 saturated heterocycles. The van der Waals surface area contributed by atoms with E-state index in [0.717, 1.165) is 22.4 Å². The van der Waals surface area contributed by atoms with Gasteiger partial charge in [-0.05, 0) is 45.7 Å². The van der Waals surface area contributed by atoms with Gasteiger partial charge in [-0.3, -0.25) is 0 Å². The molecule has 0 aliphatic rings. The van der Waals surface area contributed by atoms with Gasteiger partial charge in [0.15, 0.2) is 0 Å². The summed E-state index contributed by atoms with van der Waals surface area (Å²) in [7, 11) is 1.59. The number of nitrogens with zero attached hydrogens (tertiary/aromatic N) is 4. The van der Waals surface area contributed by atoms with E-state index >= 15 is 0 Å². The normalized spacial score (nSPS) is 11.2. The summed E-state index contributed by atoms with van der Waals surface area (Å²) in [5.41, 5.74) is 5.91. The summed E-state index contributed by atoms with van der Waals surface area (Å²) in [6.45, 7) is 2.02. The van der Waals surface area contributed by atoms with E-state index in [1.165, 1.54) is 20.5 Å². The van der Waals surface area contributed by atoms with Crippen LogP contribution in [0.3, 0.4) is 0 Å². The fourth-order valence-corrected chi connectivity index (χ4v) is 3.13. The van der Waals surface area contributed by atoms with Crippen LogP contribution in [0.2, 0.25) is 0 Å². The second-order valence-electron chi connectivity index (χ2n) is 6.63. The summed E-state index contributed by atoms with van der Waals surface area (Å²) in [5, 5.41) is 7.78. The molecule has 0 fully saturated rings. The van der Waals surface area contributed by atoms with Crippen LogP contribution in [0.25, 0.3) is 29.0 Å². The lowest BCUT2D eigenvalue weighted by Crippen LogP contribution is -2.22. The predicted octanol–water partition coefficient (Wildman–Crippen LogP) is 4.11. The summed E-state index contributed by atoms with van der Waals surface area (Å²) >= 11 is 0. The molecule has 0 amide bonds. The van der Waals surface area contributed by atoms with Crippen LogP contribution in [-0.2, 0) is 7.05 Å². The lowest BCUT2D eigenvalue weighted by molar-refractivity contribution is 0.693. The summed E-state index contributed by atoms with van der Waals surface area (Å²) in [6.07, 6.45) is 4.06. The minimum atomic E-state index is -0.271. The Morgan fingerprint density at radius 2 is 1.50 bits per heavy atom. The van der Waals surface area contributed by atoms with Crippen LogP contribution >= 0.6 is 0 Å². The topological polar surface area (TPSA) is 52.7 Å². The second-order valence-corrected chi connectivity index (χ2v) is 6.63. The van der Waals surface area contributed by atoms with E-state index in [0.29, 0.717) is 0 Å². The second kappa shape index (κ2) is 7.48. The Labute approximate surface area is 163 Å². The van der Waals surface area contributed by atoms with Gasteiger partial charge in [-0.25, -0.2) is 4.79 Å². The van der Waals surface area contributed by atoms with Crippen molar-refractivity contribution in [3.05, 3.63) is 100.0 Å². The highest BCUT2D eigenvalue weighted by Crippen LogP contribution is 2.22. The average Bonchev–Trinajstić information content (AvgIpc) is 3.06. The van der Waals surface area contributed by atoms with Crippen LogP contribution in [0, 0.1) is 6.92 Å². The standard InChI is InChI=1S/C23H20N4O/c1-17-7-6-10-22(27-23(28)26(2)24-25-27)21(17)16-13-18-11-14-20(15-12-18)19-8-4-3-5-9-19/h3-16H,1-2H3. The van der Waals surface area contributed by atoms with Crippen molar-refractivity contribution in [1.29, 1.82) is 0 Å². The average molecular weight is 368 g/mol. The molecule has 3 aromatic carbocycles. The largest absolute Gasteiger partial charge is 0.368 e. The van der Waals surface area contributed by atoms with Gasteiger partial charge in [-0.1, -0.05) is 78.9 Å². The number of aryl methyl sites for hydroxylation is 2. The quantitative estimate of drug-likeness (QED) is 0.509. The number of hydrogen-bond donors (Lipinski definition) is 0. The number of aromatic nitrogens is 4. The number of hydrogen-bond acceptors (Lipinski definition) is 3. The van der Waals surface area contributed by atoms with Gasteiger partial charge in [0, 0.05) is 12.6 Å². The molecule has 1 aromatic heterocycles. The van der Waals surface area contributed by atoms with Crippen molar-refractivity contribution in [2.75, 3.05) is 0 Å². The number of tetrazole rings is 1. The minimum absolute atomic E-state index is 0.271. The Morgan fingerprint density at radius 1 is 0.786 bits per heavy atom. The first kappa shape index (κ1) is 17.7. The first-order valence-electron chi connectivity index (χ1n) is 9.06. The van der Waals surface area contributed by atoms with Gasteiger partial charge in [0.1, 0.15) is 0 Å². The highest BCUT2D eigenvalue weighted by Gasteiger charge is 2.11. The van der Waals surface area contributed by atoms with Gasteiger partial charge in [0.25, 0.3) is 0 Å². The van der Waals surface area contributed by atoms with E-state index in [2.05, 4.69) is 46.8 Å². The number of benzene rings is 3. The Bertz CT molecular complexity index is 1190. The Balaban J connectivity index is 1.67. The SMILES string of the molecule is Cc1cccc(-n2nnn(C)c2=O)c1C=Cc1ccc(-c2ccccc2)cc1. The molecule has 4 rings (SSSR count). The molecule has 0 radical (unpaired) electrons.